The number of ketones is 1. The van der Waals surface area contributed by atoms with Gasteiger partial charge in [0.2, 0.25) is 0 Å². The number of phenols is 1. The van der Waals surface area contributed by atoms with Gasteiger partial charge in [-0.15, -0.1) is 0 Å². The quantitative estimate of drug-likeness (QED) is 0.283. The van der Waals surface area contributed by atoms with E-state index in [1.807, 2.05) is 19.9 Å². The van der Waals surface area contributed by atoms with Gasteiger partial charge in [0.15, 0.2) is 0 Å². The summed E-state index contributed by atoms with van der Waals surface area (Å²) in [4.78, 5) is 27.5. The minimum atomic E-state index is -0.971. The van der Waals surface area contributed by atoms with E-state index in [2.05, 4.69) is 0 Å². The molecule has 1 saturated heterocycles. The average molecular weight is 468 g/mol. The van der Waals surface area contributed by atoms with Gasteiger partial charge in [-0.2, -0.15) is 0 Å². The van der Waals surface area contributed by atoms with Crippen LogP contribution < -0.4 is 4.90 Å². The van der Waals surface area contributed by atoms with Crippen LogP contribution in [0.3, 0.4) is 0 Å². The van der Waals surface area contributed by atoms with E-state index in [4.69, 9.17) is 23.2 Å². The van der Waals surface area contributed by atoms with Crippen molar-refractivity contribution in [1.29, 1.82) is 0 Å². The normalized spacial score (nSPS) is 17.8. The van der Waals surface area contributed by atoms with Crippen LogP contribution in [-0.4, -0.2) is 21.9 Å². The third kappa shape index (κ3) is 3.74. The first-order valence-corrected chi connectivity index (χ1v) is 10.6. The first-order chi connectivity index (χ1) is 15.2. The molecular formula is C25H19Cl2NO4. The molecule has 3 aromatic carbocycles. The summed E-state index contributed by atoms with van der Waals surface area (Å²) >= 11 is 12.2. The molecule has 0 aliphatic carbocycles. The molecule has 0 saturated carbocycles. The van der Waals surface area contributed by atoms with Gasteiger partial charge in [0.1, 0.15) is 11.5 Å². The zero-order valence-electron chi connectivity index (χ0n) is 17.3. The third-order valence-corrected chi connectivity index (χ3v) is 6.33. The zero-order chi connectivity index (χ0) is 23.2. The minimum Gasteiger partial charge on any atom is -0.508 e. The van der Waals surface area contributed by atoms with Crippen molar-refractivity contribution < 1.29 is 19.8 Å². The molecule has 1 aliphatic heterocycles. The van der Waals surface area contributed by atoms with E-state index in [-0.39, 0.29) is 22.1 Å². The smallest absolute Gasteiger partial charge is 0.300 e. The van der Waals surface area contributed by atoms with Crippen LogP contribution >= 0.6 is 23.2 Å². The summed E-state index contributed by atoms with van der Waals surface area (Å²) in [6, 6.07) is 15.1. The van der Waals surface area contributed by atoms with Gasteiger partial charge in [-0.25, -0.2) is 0 Å². The predicted molar refractivity (Wildman–Crippen MR) is 125 cm³/mol. The summed E-state index contributed by atoms with van der Waals surface area (Å²) in [5.41, 5.74) is 3.11. The number of hydrogen-bond donors (Lipinski definition) is 2. The van der Waals surface area contributed by atoms with Gasteiger partial charge in [-0.1, -0.05) is 47.5 Å². The molecule has 0 aromatic heterocycles. The number of carbonyl (C=O) groups is 2. The Labute approximate surface area is 195 Å². The highest BCUT2D eigenvalue weighted by atomic mass is 35.5. The standard InChI is InChI=1S/C25H19Cl2NO4/c1-13-6-7-16(10-14(13)2)23(30)21-22(15-4-3-5-18(29)11-15)28(25(32)24(21)31)17-8-9-19(26)20(27)12-17/h3-12,22,29-30H,1-2H3/b23-21+. The molecule has 2 N–H and O–H groups in total. The number of aliphatic hydroxyl groups is 1. The minimum absolute atomic E-state index is 0.0339. The predicted octanol–water partition coefficient (Wildman–Crippen LogP) is 5.94. The summed E-state index contributed by atoms with van der Waals surface area (Å²) in [5, 5.41) is 21.7. The van der Waals surface area contributed by atoms with E-state index in [9.17, 15) is 19.8 Å². The van der Waals surface area contributed by atoms with Crippen molar-refractivity contribution in [2.75, 3.05) is 4.90 Å². The molecule has 0 spiro atoms. The Morgan fingerprint density at radius 2 is 1.66 bits per heavy atom. The Kier molecular flexibility index (Phi) is 5.71. The lowest BCUT2D eigenvalue weighted by atomic mass is 9.94. The van der Waals surface area contributed by atoms with Crippen molar-refractivity contribution in [3.63, 3.8) is 0 Å². The van der Waals surface area contributed by atoms with Crippen molar-refractivity contribution in [1.82, 2.24) is 0 Å². The number of rotatable bonds is 3. The Bertz CT molecular complexity index is 1300. The van der Waals surface area contributed by atoms with E-state index in [0.29, 0.717) is 21.8 Å². The fourth-order valence-electron chi connectivity index (χ4n) is 3.79. The van der Waals surface area contributed by atoms with E-state index in [0.717, 1.165) is 11.1 Å². The zero-order valence-corrected chi connectivity index (χ0v) is 18.8. The van der Waals surface area contributed by atoms with Crippen molar-refractivity contribution in [3.05, 3.63) is 98.5 Å². The van der Waals surface area contributed by atoms with Crippen LogP contribution in [0.15, 0.2) is 66.2 Å². The first kappa shape index (κ1) is 21.9. The van der Waals surface area contributed by atoms with Crippen molar-refractivity contribution in [2.45, 2.75) is 19.9 Å². The summed E-state index contributed by atoms with van der Waals surface area (Å²) < 4.78 is 0. The van der Waals surface area contributed by atoms with Gasteiger partial charge in [0, 0.05) is 11.3 Å². The molecule has 4 rings (SSSR count). The van der Waals surface area contributed by atoms with Crippen LogP contribution in [0.1, 0.15) is 28.3 Å². The monoisotopic (exact) mass is 467 g/mol. The summed E-state index contributed by atoms with van der Waals surface area (Å²) in [5.74, 6) is -1.97. The van der Waals surface area contributed by atoms with E-state index < -0.39 is 17.7 Å². The van der Waals surface area contributed by atoms with Crippen LogP contribution in [0.5, 0.6) is 5.75 Å². The Balaban J connectivity index is 1.97. The van der Waals surface area contributed by atoms with Crippen molar-refractivity contribution >= 4 is 46.3 Å². The lowest BCUT2D eigenvalue weighted by Gasteiger charge is -2.26. The molecule has 1 fully saturated rings. The molecule has 3 aromatic rings. The number of phenolic OH excluding ortho intramolecular Hbond substituents is 1. The average Bonchev–Trinajstić information content (AvgIpc) is 3.02. The van der Waals surface area contributed by atoms with Crippen LogP contribution in [-0.2, 0) is 9.59 Å². The number of Topliss-reactive ketones (excluding diaryl/α,β-unsaturated/α-hetero) is 1. The number of aromatic hydroxyl groups is 1. The Morgan fingerprint density at radius 1 is 0.906 bits per heavy atom. The Morgan fingerprint density at radius 3 is 2.31 bits per heavy atom. The number of aliphatic hydroxyl groups excluding tert-OH is 1. The number of hydrogen-bond acceptors (Lipinski definition) is 4. The van der Waals surface area contributed by atoms with E-state index in [1.54, 1.807) is 30.3 Å². The van der Waals surface area contributed by atoms with E-state index >= 15 is 0 Å². The van der Waals surface area contributed by atoms with E-state index in [1.165, 1.54) is 29.2 Å². The lowest BCUT2D eigenvalue weighted by molar-refractivity contribution is -0.132. The second kappa shape index (κ2) is 8.34. The topological polar surface area (TPSA) is 77.8 Å². The van der Waals surface area contributed by atoms with Crippen LogP contribution in [0.25, 0.3) is 5.76 Å². The number of benzene rings is 3. The molecule has 5 nitrogen and oxygen atoms in total. The SMILES string of the molecule is Cc1ccc(/C(O)=C2\C(=O)C(=O)N(c3ccc(Cl)c(Cl)c3)C2c2cccc(O)c2)cc1C. The number of carbonyl (C=O) groups excluding carboxylic acids is 2. The fraction of sp³-hybridized carbons (Fsp3) is 0.120. The second-order valence-corrected chi connectivity index (χ2v) is 8.48. The molecule has 1 atom stereocenters. The maximum Gasteiger partial charge on any atom is 0.300 e. The molecule has 0 bridgehead atoms. The summed E-state index contributed by atoms with van der Waals surface area (Å²) in [6.07, 6.45) is 0. The maximum absolute atomic E-state index is 13.1. The van der Waals surface area contributed by atoms with Gasteiger partial charge >= 0.3 is 0 Å². The number of anilines is 1. The lowest BCUT2D eigenvalue weighted by Crippen LogP contribution is -2.29. The summed E-state index contributed by atoms with van der Waals surface area (Å²) in [7, 11) is 0. The van der Waals surface area contributed by atoms with Gasteiger partial charge in [-0.3, -0.25) is 14.5 Å². The van der Waals surface area contributed by atoms with Crippen molar-refractivity contribution in [2.24, 2.45) is 0 Å². The second-order valence-electron chi connectivity index (χ2n) is 7.66. The van der Waals surface area contributed by atoms with Gasteiger partial charge in [-0.05, 0) is 66.9 Å². The molecule has 0 radical (unpaired) electrons. The number of halogens is 2. The Hall–Kier alpha value is -3.28. The molecule has 162 valence electrons. The molecule has 1 heterocycles. The van der Waals surface area contributed by atoms with Crippen LogP contribution in [0, 0.1) is 13.8 Å². The van der Waals surface area contributed by atoms with Crippen LogP contribution in [0.4, 0.5) is 5.69 Å². The number of aryl methyl sites for hydroxylation is 2. The number of amides is 1. The largest absolute Gasteiger partial charge is 0.508 e. The van der Waals surface area contributed by atoms with Gasteiger partial charge < -0.3 is 10.2 Å². The number of nitrogens with zero attached hydrogens (tertiary/aromatic N) is 1. The van der Waals surface area contributed by atoms with Crippen LogP contribution in [0.2, 0.25) is 10.0 Å². The maximum atomic E-state index is 13.1. The third-order valence-electron chi connectivity index (χ3n) is 5.59. The molecule has 7 heteroatoms. The molecule has 1 unspecified atom stereocenters. The van der Waals surface area contributed by atoms with Crippen molar-refractivity contribution in [3.8, 4) is 5.75 Å². The summed E-state index contributed by atoms with van der Waals surface area (Å²) in [6.45, 7) is 3.84. The molecule has 1 amide bonds. The van der Waals surface area contributed by atoms with Gasteiger partial charge in [0.05, 0.1) is 21.7 Å². The molecular weight excluding hydrogens is 449 g/mol. The molecule has 1 aliphatic rings. The van der Waals surface area contributed by atoms with Gasteiger partial charge in [0.25, 0.3) is 11.7 Å². The fourth-order valence-corrected chi connectivity index (χ4v) is 4.08. The molecule has 32 heavy (non-hydrogen) atoms. The first-order valence-electron chi connectivity index (χ1n) is 9.81. The highest BCUT2D eigenvalue weighted by Gasteiger charge is 2.47. The highest BCUT2D eigenvalue weighted by molar-refractivity contribution is 6.52. The highest BCUT2D eigenvalue weighted by Crippen LogP contribution is 2.43.